The average molecular weight is 144 g/mol. The van der Waals surface area contributed by atoms with Gasteiger partial charge < -0.3 is 10.2 Å². The third-order valence-corrected chi connectivity index (χ3v) is 2.30. The minimum absolute atomic E-state index is 0.0985. The standard InChI is InChI=1S/C7H12O3/c1-7(10)5(4-8)2-3-6(7)9/h5,8,10H,2-4H2,1H3. The lowest BCUT2D eigenvalue weighted by molar-refractivity contribution is -0.135. The Kier molecular flexibility index (Phi) is 1.79. The van der Waals surface area contributed by atoms with Crippen LogP contribution >= 0.6 is 0 Å². The van der Waals surface area contributed by atoms with Crippen molar-refractivity contribution in [1.82, 2.24) is 0 Å². The topological polar surface area (TPSA) is 57.5 Å². The molecule has 0 aromatic rings. The molecule has 2 unspecified atom stereocenters. The zero-order chi connectivity index (χ0) is 7.78. The first kappa shape index (κ1) is 7.69. The van der Waals surface area contributed by atoms with Crippen LogP contribution in [-0.2, 0) is 4.79 Å². The van der Waals surface area contributed by atoms with Gasteiger partial charge in [0.1, 0.15) is 5.60 Å². The van der Waals surface area contributed by atoms with Crippen molar-refractivity contribution in [3.05, 3.63) is 0 Å². The molecule has 0 radical (unpaired) electrons. The highest BCUT2D eigenvalue weighted by atomic mass is 16.3. The SMILES string of the molecule is CC1(O)C(=O)CCC1CO. The largest absolute Gasteiger partial charge is 0.396 e. The second kappa shape index (κ2) is 2.32. The number of carbonyl (C=O) groups is 1. The van der Waals surface area contributed by atoms with Gasteiger partial charge in [-0.05, 0) is 13.3 Å². The highest BCUT2D eigenvalue weighted by Crippen LogP contribution is 2.31. The van der Waals surface area contributed by atoms with Crippen molar-refractivity contribution in [3.8, 4) is 0 Å². The van der Waals surface area contributed by atoms with Crippen LogP contribution in [0.2, 0.25) is 0 Å². The Balaban J connectivity index is 2.73. The van der Waals surface area contributed by atoms with E-state index in [1.807, 2.05) is 0 Å². The molecule has 1 saturated carbocycles. The van der Waals surface area contributed by atoms with E-state index < -0.39 is 5.60 Å². The van der Waals surface area contributed by atoms with Crippen LogP contribution in [0, 0.1) is 5.92 Å². The van der Waals surface area contributed by atoms with E-state index in [1.165, 1.54) is 6.92 Å². The number of rotatable bonds is 1. The van der Waals surface area contributed by atoms with Crippen molar-refractivity contribution < 1.29 is 15.0 Å². The maximum Gasteiger partial charge on any atom is 0.164 e. The molecule has 3 heteroatoms. The molecule has 0 saturated heterocycles. The quantitative estimate of drug-likeness (QED) is 0.531. The molecular weight excluding hydrogens is 132 g/mol. The lowest BCUT2D eigenvalue weighted by Gasteiger charge is -2.21. The van der Waals surface area contributed by atoms with Crippen molar-refractivity contribution in [2.45, 2.75) is 25.4 Å². The van der Waals surface area contributed by atoms with Crippen LogP contribution in [0.4, 0.5) is 0 Å². The van der Waals surface area contributed by atoms with E-state index in [0.717, 1.165) is 0 Å². The predicted octanol–water partition coefficient (Wildman–Crippen LogP) is -0.291. The normalized spacial score (nSPS) is 40.7. The van der Waals surface area contributed by atoms with E-state index >= 15 is 0 Å². The molecule has 2 atom stereocenters. The summed E-state index contributed by atoms with van der Waals surface area (Å²) in [7, 11) is 0. The van der Waals surface area contributed by atoms with Gasteiger partial charge >= 0.3 is 0 Å². The number of carbonyl (C=O) groups excluding carboxylic acids is 1. The Bertz CT molecular complexity index is 151. The van der Waals surface area contributed by atoms with Gasteiger partial charge in [0.05, 0.1) is 0 Å². The predicted molar refractivity (Wildman–Crippen MR) is 35.4 cm³/mol. The Hall–Kier alpha value is -0.410. The van der Waals surface area contributed by atoms with Crippen molar-refractivity contribution >= 4 is 5.78 Å². The summed E-state index contributed by atoms with van der Waals surface area (Å²) in [4.78, 5) is 10.9. The molecule has 3 nitrogen and oxygen atoms in total. The van der Waals surface area contributed by atoms with Crippen LogP contribution < -0.4 is 0 Å². The van der Waals surface area contributed by atoms with E-state index in [-0.39, 0.29) is 18.3 Å². The summed E-state index contributed by atoms with van der Waals surface area (Å²) in [6.45, 7) is 1.38. The van der Waals surface area contributed by atoms with E-state index in [0.29, 0.717) is 12.8 Å². The molecule has 0 bridgehead atoms. The number of ketones is 1. The van der Waals surface area contributed by atoms with Crippen LogP contribution in [0.1, 0.15) is 19.8 Å². The van der Waals surface area contributed by atoms with Crippen LogP contribution in [0.3, 0.4) is 0 Å². The van der Waals surface area contributed by atoms with Crippen LogP contribution in [-0.4, -0.2) is 28.2 Å². The van der Waals surface area contributed by atoms with Gasteiger partial charge in [0.15, 0.2) is 5.78 Å². The minimum atomic E-state index is -1.27. The van der Waals surface area contributed by atoms with Gasteiger partial charge in [0, 0.05) is 18.9 Å². The Morgan fingerprint density at radius 3 is 2.60 bits per heavy atom. The van der Waals surface area contributed by atoms with Gasteiger partial charge in [-0.15, -0.1) is 0 Å². The van der Waals surface area contributed by atoms with Gasteiger partial charge in [0.25, 0.3) is 0 Å². The molecule has 58 valence electrons. The van der Waals surface area contributed by atoms with E-state index in [1.54, 1.807) is 0 Å². The molecule has 1 rings (SSSR count). The lowest BCUT2D eigenvalue weighted by atomic mass is 9.93. The van der Waals surface area contributed by atoms with Gasteiger partial charge in [-0.3, -0.25) is 4.79 Å². The van der Waals surface area contributed by atoms with Gasteiger partial charge in [-0.2, -0.15) is 0 Å². The molecule has 10 heavy (non-hydrogen) atoms. The molecule has 2 N–H and O–H groups in total. The molecule has 1 aliphatic rings. The highest BCUT2D eigenvalue weighted by Gasteiger charge is 2.43. The van der Waals surface area contributed by atoms with Gasteiger partial charge in [-0.1, -0.05) is 0 Å². The number of aliphatic hydroxyl groups is 2. The number of aliphatic hydroxyl groups excluding tert-OH is 1. The third kappa shape index (κ3) is 0.954. The van der Waals surface area contributed by atoms with Crippen LogP contribution in [0.25, 0.3) is 0 Å². The van der Waals surface area contributed by atoms with Crippen LogP contribution in [0.15, 0.2) is 0 Å². The Morgan fingerprint density at radius 2 is 2.40 bits per heavy atom. The molecule has 0 aromatic heterocycles. The second-order valence-corrected chi connectivity index (χ2v) is 2.99. The number of Topliss-reactive ketones (excluding diaryl/α,β-unsaturated/α-hetero) is 1. The summed E-state index contributed by atoms with van der Waals surface area (Å²) in [6.07, 6.45) is 1.01. The zero-order valence-corrected chi connectivity index (χ0v) is 6.00. The maximum absolute atomic E-state index is 10.9. The number of hydrogen-bond acceptors (Lipinski definition) is 3. The fourth-order valence-electron chi connectivity index (χ4n) is 1.34. The fourth-order valence-corrected chi connectivity index (χ4v) is 1.34. The summed E-state index contributed by atoms with van der Waals surface area (Å²) in [5.41, 5.74) is -1.27. The first-order chi connectivity index (χ1) is 4.59. The second-order valence-electron chi connectivity index (χ2n) is 2.99. The highest BCUT2D eigenvalue weighted by molar-refractivity contribution is 5.89. The zero-order valence-electron chi connectivity index (χ0n) is 6.00. The van der Waals surface area contributed by atoms with Gasteiger partial charge in [-0.25, -0.2) is 0 Å². The molecule has 0 heterocycles. The Morgan fingerprint density at radius 1 is 1.80 bits per heavy atom. The monoisotopic (exact) mass is 144 g/mol. The number of hydrogen-bond donors (Lipinski definition) is 2. The third-order valence-electron chi connectivity index (χ3n) is 2.30. The van der Waals surface area contributed by atoms with Crippen molar-refractivity contribution in [2.24, 2.45) is 5.92 Å². The van der Waals surface area contributed by atoms with E-state index in [4.69, 9.17) is 5.11 Å². The first-order valence-electron chi connectivity index (χ1n) is 3.45. The fraction of sp³-hybridized carbons (Fsp3) is 0.857. The molecule has 1 aliphatic carbocycles. The summed E-state index contributed by atoms with van der Waals surface area (Å²) in [5, 5.41) is 18.1. The molecule has 1 fully saturated rings. The molecule has 0 spiro atoms. The first-order valence-corrected chi connectivity index (χ1v) is 3.45. The summed E-state index contributed by atoms with van der Waals surface area (Å²) < 4.78 is 0. The Labute approximate surface area is 59.7 Å². The smallest absolute Gasteiger partial charge is 0.164 e. The summed E-state index contributed by atoms with van der Waals surface area (Å²) in [6, 6.07) is 0. The van der Waals surface area contributed by atoms with Crippen molar-refractivity contribution in [1.29, 1.82) is 0 Å². The summed E-state index contributed by atoms with van der Waals surface area (Å²) >= 11 is 0. The molecular formula is C7H12O3. The average Bonchev–Trinajstić information content (AvgIpc) is 2.10. The van der Waals surface area contributed by atoms with Crippen LogP contribution in [0.5, 0.6) is 0 Å². The lowest BCUT2D eigenvalue weighted by Crippen LogP contribution is -2.38. The van der Waals surface area contributed by atoms with Crippen molar-refractivity contribution in [3.63, 3.8) is 0 Å². The van der Waals surface area contributed by atoms with Gasteiger partial charge in [0.2, 0.25) is 0 Å². The molecule has 0 aromatic carbocycles. The van der Waals surface area contributed by atoms with E-state index in [9.17, 15) is 9.90 Å². The maximum atomic E-state index is 10.9. The molecule has 0 amide bonds. The van der Waals surface area contributed by atoms with E-state index in [2.05, 4.69) is 0 Å². The molecule has 0 aliphatic heterocycles. The minimum Gasteiger partial charge on any atom is -0.396 e. The van der Waals surface area contributed by atoms with Crippen molar-refractivity contribution in [2.75, 3.05) is 6.61 Å². The summed E-state index contributed by atoms with van der Waals surface area (Å²) in [5.74, 6) is -0.397.